The van der Waals surface area contributed by atoms with Crippen LogP contribution in [-0.2, 0) is 14.3 Å². The highest BCUT2D eigenvalue weighted by molar-refractivity contribution is 5.85. The minimum atomic E-state index is -0.203. The molecule has 1 atom stereocenters. The van der Waals surface area contributed by atoms with Gasteiger partial charge in [0.2, 0.25) is 11.8 Å². The molecule has 1 rings (SSSR count). The molecule has 0 aromatic carbocycles. The van der Waals surface area contributed by atoms with Gasteiger partial charge in [0.15, 0.2) is 0 Å². The van der Waals surface area contributed by atoms with E-state index in [0.29, 0.717) is 13.2 Å². The summed E-state index contributed by atoms with van der Waals surface area (Å²) in [4.78, 5) is 22.1. The first kappa shape index (κ1) is 17.2. The molecule has 3 N–H and O–H groups in total. The third-order valence-electron chi connectivity index (χ3n) is 2.87. The Morgan fingerprint density at radius 1 is 1.39 bits per heavy atom. The summed E-state index contributed by atoms with van der Waals surface area (Å²) in [6.45, 7) is 3.47. The fourth-order valence-electron chi connectivity index (χ4n) is 2.01. The standard InChI is InChI=1S/C11H21N3O3.ClH/c1-9(15)12-6-10(16)13-7-11(8-17-2)4-3-5-14-11;/h14H,3-8H2,1-2H3,(H,12,15)(H,13,16);1H. The molecule has 6 nitrogen and oxygen atoms in total. The number of methoxy groups -OCH3 is 1. The van der Waals surface area contributed by atoms with Gasteiger partial charge in [-0.05, 0) is 19.4 Å². The summed E-state index contributed by atoms with van der Waals surface area (Å²) in [7, 11) is 1.65. The second-order valence-corrected chi connectivity index (χ2v) is 4.43. The van der Waals surface area contributed by atoms with Crippen LogP contribution in [0.15, 0.2) is 0 Å². The molecular formula is C11H22ClN3O3. The topological polar surface area (TPSA) is 79.5 Å². The van der Waals surface area contributed by atoms with Crippen LogP contribution in [0.3, 0.4) is 0 Å². The van der Waals surface area contributed by atoms with E-state index in [1.165, 1.54) is 6.92 Å². The van der Waals surface area contributed by atoms with Gasteiger partial charge in [-0.2, -0.15) is 0 Å². The van der Waals surface area contributed by atoms with E-state index < -0.39 is 0 Å². The van der Waals surface area contributed by atoms with E-state index in [4.69, 9.17) is 4.74 Å². The van der Waals surface area contributed by atoms with E-state index in [1.54, 1.807) is 7.11 Å². The molecule has 1 unspecified atom stereocenters. The molecule has 1 aliphatic heterocycles. The first-order valence-electron chi connectivity index (χ1n) is 5.83. The van der Waals surface area contributed by atoms with Crippen molar-refractivity contribution in [2.45, 2.75) is 25.3 Å². The molecule has 7 heteroatoms. The zero-order chi connectivity index (χ0) is 12.7. The smallest absolute Gasteiger partial charge is 0.239 e. The van der Waals surface area contributed by atoms with E-state index >= 15 is 0 Å². The highest BCUT2D eigenvalue weighted by atomic mass is 35.5. The SMILES string of the molecule is COCC1(CNC(=O)CNC(C)=O)CCCN1.Cl. The highest BCUT2D eigenvalue weighted by Gasteiger charge is 2.33. The van der Waals surface area contributed by atoms with Crippen LogP contribution < -0.4 is 16.0 Å². The number of halogens is 1. The summed E-state index contributed by atoms with van der Waals surface area (Å²) >= 11 is 0. The van der Waals surface area contributed by atoms with Crippen LogP contribution in [0.25, 0.3) is 0 Å². The van der Waals surface area contributed by atoms with Crippen molar-refractivity contribution in [3.05, 3.63) is 0 Å². The molecule has 2 amide bonds. The molecule has 0 spiro atoms. The number of nitrogens with one attached hydrogen (secondary N) is 3. The number of ether oxygens (including phenoxy) is 1. The molecule has 0 saturated carbocycles. The van der Waals surface area contributed by atoms with Crippen LogP contribution in [0.5, 0.6) is 0 Å². The van der Waals surface area contributed by atoms with Crippen LogP contribution in [0.4, 0.5) is 0 Å². The predicted molar refractivity (Wildman–Crippen MR) is 70.8 cm³/mol. The van der Waals surface area contributed by atoms with Crippen LogP contribution >= 0.6 is 12.4 Å². The Hall–Kier alpha value is -0.850. The van der Waals surface area contributed by atoms with Crippen molar-refractivity contribution in [3.63, 3.8) is 0 Å². The van der Waals surface area contributed by atoms with E-state index in [1.807, 2.05) is 0 Å². The van der Waals surface area contributed by atoms with Crippen molar-refractivity contribution in [1.29, 1.82) is 0 Å². The second kappa shape index (κ2) is 8.29. The van der Waals surface area contributed by atoms with Gasteiger partial charge in [-0.3, -0.25) is 9.59 Å². The second-order valence-electron chi connectivity index (χ2n) is 4.43. The Balaban J connectivity index is 0.00000289. The zero-order valence-electron chi connectivity index (χ0n) is 10.9. The highest BCUT2D eigenvalue weighted by Crippen LogP contribution is 2.18. The van der Waals surface area contributed by atoms with Crippen molar-refractivity contribution in [2.24, 2.45) is 0 Å². The molecule has 106 valence electrons. The molecule has 1 fully saturated rings. The maximum atomic E-state index is 11.5. The first-order chi connectivity index (χ1) is 8.08. The molecule has 1 heterocycles. The van der Waals surface area contributed by atoms with Gasteiger partial charge in [-0.15, -0.1) is 12.4 Å². The Kier molecular flexibility index (Phi) is 7.90. The minimum absolute atomic E-state index is 0. The molecular weight excluding hydrogens is 258 g/mol. The summed E-state index contributed by atoms with van der Waals surface area (Å²) in [5.74, 6) is -0.380. The number of hydrogen-bond donors (Lipinski definition) is 3. The lowest BCUT2D eigenvalue weighted by Gasteiger charge is -2.28. The van der Waals surface area contributed by atoms with E-state index in [0.717, 1.165) is 19.4 Å². The summed E-state index contributed by atoms with van der Waals surface area (Å²) in [5, 5.41) is 8.64. The third kappa shape index (κ3) is 5.66. The lowest BCUT2D eigenvalue weighted by molar-refractivity contribution is -0.125. The maximum Gasteiger partial charge on any atom is 0.239 e. The average Bonchev–Trinajstić information content (AvgIpc) is 2.73. The number of amides is 2. The minimum Gasteiger partial charge on any atom is -0.383 e. The van der Waals surface area contributed by atoms with Gasteiger partial charge in [0, 0.05) is 20.6 Å². The van der Waals surface area contributed by atoms with Crippen molar-refractivity contribution in [3.8, 4) is 0 Å². The fourth-order valence-corrected chi connectivity index (χ4v) is 2.01. The zero-order valence-corrected chi connectivity index (χ0v) is 11.7. The Morgan fingerprint density at radius 2 is 2.11 bits per heavy atom. The van der Waals surface area contributed by atoms with E-state index in [9.17, 15) is 9.59 Å². The summed E-state index contributed by atoms with van der Waals surface area (Å²) < 4.78 is 5.18. The molecule has 1 aliphatic rings. The normalized spacial score (nSPS) is 22.1. The Morgan fingerprint density at radius 3 is 2.61 bits per heavy atom. The molecule has 0 bridgehead atoms. The van der Waals surface area contributed by atoms with Crippen LogP contribution in [-0.4, -0.2) is 50.7 Å². The van der Waals surface area contributed by atoms with Gasteiger partial charge < -0.3 is 20.7 Å². The molecule has 0 aliphatic carbocycles. The number of carbonyl (C=O) groups excluding carboxylic acids is 2. The number of rotatable bonds is 6. The van der Waals surface area contributed by atoms with Crippen molar-refractivity contribution < 1.29 is 14.3 Å². The van der Waals surface area contributed by atoms with Crippen LogP contribution in [0.1, 0.15) is 19.8 Å². The lowest BCUT2D eigenvalue weighted by atomic mass is 9.99. The maximum absolute atomic E-state index is 11.5. The molecule has 0 aromatic heterocycles. The third-order valence-corrected chi connectivity index (χ3v) is 2.87. The summed E-state index contributed by atoms with van der Waals surface area (Å²) in [5.41, 5.74) is -0.152. The Labute approximate surface area is 114 Å². The van der Waals surface area contributed by atoms with Gasteiger partial charge in [0.05, 0.1) is 18.7 Å². The van der Waals surface area contributed by atoms with Crippen molar-refractivity contribution in [1.82, 2.24) is 16.0 Å². The first-order valence-corrected chi connectivity index (χ1v) is 5.83. The van der Waals surface area contributed by atoms with Gasteiger partial charge in [-0.1, -0.05) is 0 Å². The molecule has 18 heavy (non-hydrogen) atoms. The molecule has 0 aromatic rings. The van der Waals surface area contributed by atoms with Gasteiger partial charge in [0.1, 0.15) is 0 Å². The fraction of sp³-hybridized carbons (Fsp3) is 0.818. The van der Waals surface area contributed by atoms with Gasteiger partial charge in [0.25, 0.3) is 0 Å². The van der Waals surface area contributed by atoms with Crippen LogP contribution in [0, 0.1) is 0 Å². The van der Waals surface area contributed by atoms with Crippen LogP contribution in [0.2, 0.25) is 0 Å². The van der Waals surface area contributed by atoms with E-state index in [2.05, 4.69) is 16.0 Å². The monoisotopic (exact) mass is 279 g/mol. The molecule has 1 saturated heterocycles. The van der Waals surface area contributed by atoms with Crippen molar-refractivity contribution in [2.75, 3.05) is 33.4 Å². The van der Waals surface area contributed by atoms with E-state index in [-0.39, 0.29) is 36.3 Å². The number of carbonyl (C=O) groups is 2. The summed E-state index contributed by atoms with van der Waals surface area (Å²) in [6, 6.07) is 0. The number of hydrogen-bond acceptors (Lipinski definition) is 4. The molecule has 0 radical (unpaired) electrons. The quantitative estimate of drug-likeness (QED) is 0.608. The average molecular weight is 280 g/mol. The lowest BCUT2D eigenvalue weighted by Crippen LogP contribution is -2.54. The largest absolute Gasteiger partial charge is 0.383 e. The predicted octanol–water partition coefficient (Wildman–Crippen LogP) is -0.571. The van der Waals surface area contributed by atoms with Crippen molar-refractivity contribution >= 4 is 24.2 Å². The van der Waals surface area contributed by atoms with Gasteiger partial charge in [-0.25, -0.2) is 0 Å². The summed E-state index contributed by atoms with van der Waals surface area (Å²) in [6.07, 6.45) is 2.08. The Bertz CT molecular complexity index is 281. The van der Waals surface area contributed by atoms with Gasteiger partial charge >= 0.3 is 0 Å².